The van der Waals surface area contributed by atoms with E-state index >= 15 is 0 Å². The molecule has 110 valence electrons. The first kappa shape index (κ1) is 15.0. The Morgan fingerprint density at radius 1 is 1.35 bits per heavy atom. The van der Waals surface area contributed by atoms with Crippen LogP contribution in [0, 0.1) is 5.92 Å². The highest BCUT2D eigenvalue weighted by atomic mass is 32.1. The number of aliphatic carboxylic acids is 1. The average molecular weight is 295 g/mol. The van der Waals surface area contributed by atoms with Crippen molar-refractivity contribution in [2.24, 2.45) is 5.92 Å². The topological polar surface area (TPSA) is 66.4 Å². The normalized spacial score (nSPS) is 15.8. The molecule has 4 nitrogen and oxygen atoms in total. The van der Waals surface area contributed by atoms with Crippen LogP contribution in [0.3, 0.4) is 0 Å². The van der Waals surface area contributed by atoms with Gasteiger partial charge in [0, 0.05) is 10.3 Å². The first-order chi connectivity index (χ1) is 9.49. The molecule has 0 aliphatic heterocycles. The Labute approximate surface area is 123 Å². The second kappa shape index (κ2) is 6.39. The molecular weight excluding hydrogens is 274 g/mol. The van der Waals surface area contributed by atoms with E-state index in [4.69, 9.17) is 0 Å². The number of hydrogen-bond acceptors (Lipinski definition) is 3. The van der Waals surface area contributed by atoms with Crippen LogP contribution >= 0.6 is 11.3 Å². The maximum Gasteiger partial charge on any atom is 0.326 e. The standard InChI is InChI=1S/C15H21NO3S/c1-9(2)7-12(15(18)19)16-14(17)11-8-20-13-6-4-3-5-10(11)13/h8-9,12H,3-7H2,1-2H3,(H,16,17)(H,18,19)/t12-/m1/s1. The molecule has 1 aromatic rings. The van der Waals surface area contributed by atoms with Crippen LogP contribution in [0.2, 0.25) is 0 Å². The molecule has 1 heterocycles. The molecule has 2 N–H and O–H groups in total. The van der Waals surface area contributed by atoms with E-state index in [-0.39, 0.29) is 11.8 Å². The maximum atomic E-state index is 12.3. The Hall–Kier alpha value is -1.36. The summed E-state index contributed by atoms with van der Waals surface area (Å²) in [5, 5.41) is 13.7. The summed E-state index contributed by atoms with van der Waals surface area (Å²) in [6.07, 6.45) is 4.72. The van der Waals surface area contributed by atoms with E-state index in [2.05, 4.69) is 5.32 Å². The van der Waals surface area contributed by atoms with Gasteiger partial charge >= 0.3 is 5.97 Å². The van der Waals surface area contributed by atoms with Crippen molar-refractivity contribution in [2.75, 3.05) is 0 Å². The predicted molar refractivity (Wildman–Crippen MR) is 79.3 cm³/mol. The third kappa shape index (κ3) is 3.39. The summed E-state index contributed by atoms with van der Waals surface area (Å²) in [5.41, 5.74) is 1.81. The molecule has 1 aliphatic carbocycles. The van der Waals surface area contributed by atoms with Crippen molar-refractivity contribution in [2.45, 2.75) is 52.0 Å². The summed E-state index contributed by atoms with van der Waals surface area (Å²) in [7, 11) is 0. The van der Waals surface area contributed by atoms with Gasteiger partial charge in [0.2, 0.25) is 0 Å². The monoisotopic (exact) mass is 295 g/mol. The van der Waals surface area contributed by atoms with E-state index < -0.39 is 12.0 Å². The van der Waals surface area contributed by atoms with Gasteiger partial charge in [0.05, 0.1) is 5.56 Å². The molecule has 5 heteroatoms. The average Bonchev–Trinajstić information content (AvgIpc) is 2.81. The SMILES string of the molecule is CC(C)C[C@@H](NC(=O)c1csc2c1CCCC2)C(=O)O. The van der Waals surface area contributed by atoms with Gasteiger partial charge in [0.15, 0.2) is 0 Å². The molecule has 0 unspecified atom stereocenters. The van der Waals surface area contributed by atoms with E-state index in [1.807, 2.05) is 19.2 Å². The molecule has 0 saturated heterocycles. The molecule has 1 atom stereocenters. The van der Waals surface area contributed by atoms with Gasteiger partial charge in [0.1, 0.15) is 6.04 Å². The number of carboxylic acid groups (broad SMARTS) is 1. The summed E-state index contributed by atoms with van der Waals surface area (Å²) in [6, 6.07) is -0.804. The van der Waals surface area contributed by atoms with E-state index in [0.29, 0.717) is 12.0 Å². The van der Waals surface area contributed by atoms with Crippen molar-refractivity contribution in [1.29, 1.82) is 0 Å². The Morgan fingerprint density at radius 3 is 2.70 bits per heavy atom. The molecule has 20 heavy (non-hydrogen) atoms. The highest BCUT2D eigenvalue weighted by Crippen LogP contribution is 2.30. The fourth-order valence-corrected chi connectivity index (χ4v) is 3.74. The zero-order valence-corrected chi connectivity index (χ0v) is 12.8. The number of thiophene rings is 1. The van der Waals surface area contributed by atoms with Crippen molar-refractivity contribution in [3.63, 3.8) is 0 Å². The van der Waals surface area contributed by atoms with Crippen molar-refractivity contribution in [3.05, 3.63) is 21.4 Å². The molecule has 1 aliphatic rings. The summed E-state index contributed by atoms with van der Waals surface area (Å²) >= 11 is 1.62. The van der Waals surface area contributed by atoms with Crippen LogP contribution in [-0.2, 0) is 17.6 Å². The van der Waals surface area contributed by atoms with Gasteiger partial charge < -0.3 is 10.4 Å². The molecule has 0 spiro atoms. The minimum atomic E-state index is -0.962. The van der Waals surface area contributed by atoms with Gasteiger partial charge in [-0.15, -0.1) is 11.3 Å². The zero-order valence-electron chi connectivity index (χ0n) is 11.9. The first-order valence-corrected chi connectivity index (χ1v) is 8.00. The number of carboxylic acids is 1. The van der Waals surface area contributed by atoms with Crippen molar-refractivity contribution in [1.82, 2.24) is 5.32 Å². The molecule has 2 rings (SSSR count). The van der Waals surface area contributed by atoms with Crippen molar-refractivity contribution >= 4 is 23.2 Å². The fourth-order valence-electron chi connectivity index (χ4n) is 2.61. The van der Waals surface area contributed by atoms with Crippen molar-refractivity contribution < 1.29 is 14.7 Å². The number of fused-ring (bicyclic) bond motifs is 1. The van der Waals surface area contributed by atoms with Crippen LogP contribution in [-0.4, -0.2) is 23.0 Å². The van der Waals surface area contributed by atoms with Gasteiger partial charge in [-0.25, -0.2) is 4.79 Å². The van der Waals surface area contributed by atoms with E-state index in [0.717, 1.165) is 24.8 Å². The van der Waals surface area contributed by atoms with Crippen LogP contribution in [0.25, 0.3) is 0 Å². The number of carbonyl (C=O) groups excluding carboxylic acids is 1. The molecule has 0 radical (unpaired) electrons. The largest absolute Gasteiger partial charge is 0.480 e. The Bertz CT molecular complexity index is 507. The van der Waals surface area contributed by atoms with Gasteiger partial charge in [-0.2, -0.15) is 0 Å². The lowest BCUT2D eigenvalue weighted by Gasteiger charge is -2.17. The second-order valence-electron chi connectivity index (χ2n) is 5.75. The van der Waals surface area contributed by atoms with E-state index in [1.165, 1.54) is 11.3 Å². The summed E-state index contributed by atoms with van der Waals surface area (Å²) in [4.78, 5) is 24.8. The lowest BCUT2D eigenvalue weighted by atomic mass is 9.95. The number of amides is 1. The Morgan fingerprint density at radius 2 is 2.05 bits per heavy atom. The number of aryl methyl sites for hydroxylation is 1. The summed E-state index contributed by atoms with van der Waals surface area (Å²) in [5.74, 6) is -0.971. The van der Waals surface area contributed by atoms with Crippen LogP contribution in [0.4, 0.5) is 0 Å². The molecule has 0 saturated carbocycles. The number of nitrogens with one attached hydrogen (secondary N) is 1. The summed E-state index contributed by atoms with van der Waals surface area (Å²) in [6.45, 7) is 3.91. The number of carbonyl (C=O) groups is 2. The third-order valence-corrected chi connectivity index (χ3v) is 4.71. The van der Waals surface area contributed by atoms with Crippen LogP contribution in [0.1, 0.15) is 53.9 Å². The van der Waals surface area contributed by atoms with E-state index in [1.54, 1.807) is 11.3 Å². The molecular formula is C15H21NO3S. The smallest absolute Gasteiger partial charge is 0.326 e. The lowest BCUT2D eigenvalue weighted by molar-refractivity contribution is -0.139. The Balaban J connectivity index is 2.10. The van der Waals surface area contributed by atoms with Gasteiger partial charge in [-0.05, 0) is 43.6 Å². The van der Waals surface area contributed by atoms with Crippen LogP contribution < -0.4 is 5.32 Å². The second-order valence-corrected chi connectivity index (χ2v) is 6.72. The quantitative estimate of drug-likeness (QED) is 0.878. The van der Waals surface area contributed by atoms with Gasteiger partial charge in [-0.3, -0.25) is 4.79 Å². The van der Waals surface area contributed by atoms with Crippen molar-refractivity contribution in [3.8, 4) is 0 Å². The molecule has 1 amide bonds. The van der Waals surface area contributed by atoms with Crippen LogP contribution in [0.5, 0.6) is 0 Å². The Kier molecular flexibility index (Phi) is 4.81. The van der Waals surface area contributed by atoms with Gasteiger partial charge in [0.25, 0.3) is 5.91 Å². The zero-order chi connectivity index (χ0) is 14.7. The van der Waals surface area contributed by atoms with Crippen LogP contribution in [0.15, 0.2) is 5.38 Å². The molecule has 1 aromatic heterocycles. The third-order valence-electron chi connectivity index (χ3n) is 3.62. The predicted octanol–water partition coefficient (Wildman–Crippen LogP) is 2.86. The molecule has 0 aromatic carbocycles. The highest BCUT2D eigenvalue weighted by molar-refractivity contribution is 7.10. The minimum Gasteiger partial charge on any atom is -0.480 e. The number of hydrogen-bond donors (Lipinski definition) is 2. The first-order valence-electron chi connectivity index (χ1n) is 7.12. The fraction of sp³-hybridized carbons (Fsp3) is 0.600. The minimum absolute atomic E-state index is 0.229. The lowest BCUT2D eigenvalue weighted by Crippen LogP contribution is -2.41. The molecule has 0 bridgehead atoms. The highest BCUT2D eigenvalue weighted by Gasteiger charge is 2.25. The van der Waals surface area contributed by atoms with E-state index in [9.17, 15) is 14.7 Å². The number of rotatable bonds is 5. The molecule has 0 fully saturated rings. The van der Waals surface area contributed by atoms with Gasteiger partial charge in [-0.1, -0.05) is 13.8 Å². The maximum absolute atomic E-state index is 12.3. The summed E-state index contributed by atoms with van der Waals surface area (Å²) < 4.78 is 0.